The van der Waals surface area contributed by atoms with Crippen LogP contribution in [0.2, 0.25) is 0 Å². The zero-order chi connectivity index (χ0) is 19.2. The Kier molecular flexibility index (Phi) is 5.47. The quantitative estimate of drug-likeness (QED) is 0.680. The molecule has 3 rings (SSSR count). The maximum atomic E-state index is 12.8. The number of anilines is 1. The number of ether oxygens (including phenoxy) is 1. The number of nitrogens with one attached hydrogen (secondary N) is 1. The normalized spacial score (nSPS) is 11.6. The van der Waals surface area contributed by atoms with E-state index in [4.69, 9.17) is 10.00 Å². The summed E-state index contributed by atoms with van der Waals surface area (Å²) in [6, 6.07) is 16.0. The van der Waals surface area contributed by atoms with E-state index in [0.717, 1.165) is 5.39 Å². The molecular weight excluding hydrogens is 344 g/mol. The summed E-state index contributed by atoms with van der Waals surface area (Å²) in [5.41, 5.74) is 1.69. The molecule has 2 aromatic carbocycles. The number of hydrogen-bond acceptors (Lipinski definition) is 5. The number of para-hydroxylation sites is 1. The Morgan fingerprint density at radius 2 is 2.04 bits per heavy atom. The molecule has 27 heavy (non-hydrogen) atoms. The van der Waals surface area contributed by atoms with E-state index in [2.05, 4.69) is 10.2 Å². The molecular formula is C20H18N4O3. The summed E-state index contributed by atoms with van der Waals surface area (Å²) in [6.07, 6.45) is 0.843. The highest BCUT2D eigenvalue weighted by Gasteiger charge is 2.25. The maximum absolute atomic E-state index is 12.8. The summed E-state index contributed by atoms with van der Waals surface area (Å²) in [5.74, 6) is -0.979. The van der Waals surface area contributed by atoms with Crippen LogP contribution in [-0.2, 0) is 9.53 Å². The molecule has 0 saturated heterocycles. The molecule has 1 amide bonds. The smallest absolute Gasteiger partial charge is 0.338 e. The fourth-order valence-corrected chi connectivity index (χ4v) is 2.70. The molecule has 0 aliphatic rings. The molecule has 0 fully saturated rings. The van der Waals surface area contributed by atoms with E-state index in [9.17, 15) is 9.59 Å². The number of amides is 1. The number of esters is 1. The van der Waals surface area contributed by atoms with Crippen molar-refractivity contribution in [3.63, 3.8) is 0 Å². The van der Waals surface area contributed by atoms with E-state index in [0.29, 0.717) is 16.8 Å². The first-order valence-corrected chi connectivity index (χ1v) is 8.47. The van der Waals surface area contributed by atoms with Gasteiger partial charge in [-0.05, 0) is 31.2 Å². The summed E-state index contributed by atoms with van der Waals surface area (Å²) < 4.78 is 5.36. The van der Waals surface area contributed by atoms with Crippen molar-refractivity contribution in [3.05, 3.63) is 60.3 Å². The predicted octanol–water partition coefficient (Wildman–Crippen LogP) is 3.06. The number of aromatic amines is 1. The van der Waals surface area contributed by atoms with E-state index >= 15 is 0 Å². The van der Waals surface area contributed by atoms with Gasteiger partial charge in [0.15, 0.2) is 6.10 Å². The fraction of sp³-hybridized carbons (Fsp3) is 0.200. The van der Waals surface area contributed by atoms with Crippen molar-refractivity contribution in [2.45, 2.75) is 19.4 Å². The number of nitrogens with zero attached hydrogens (tertiary/aromatic N) is 3. The van der Waals surface area contributed by atoms with E-state index in [1.165, 1.54) is 11.8 Å². The fourth-order valence-electron chi connectivity index (χ4n) is 2.70. The van der Waals surface area contributed by atoms with Crippen LogP contribution < -0.4 is 4.90 Å². The molecule has 0 saturated carbocycles. The van der Waals surface area contributed by atoms with Gasteiger partial charge in [0.05, 0.1) is 29.8 Å². The molecule has 0 bridgehead atoms. The minimum Gasteiger partial charge on any atom is -0.449 e. The van der Waals surface area contributed by atoms with Crippen LogP contribution in [-0.4, -0.2) is 34.7 Å². The average Bonchev–Trinajstić information content (AvgIpc) is 3.16. The molecule has 7 nitrogen and oxygen atoms in total. The summed E-state index contributed by atoms with van der Waals surface area (Å²) in [7, 11) is 0. The SMILES string of the molecule is CC(OC(=O)c1ccc2cn[nH]c2c1)C(=O)N(CCC#N)c1ccccc1. The van der Waals surface area contributed by atoms with Gasteiger partial charge in [-0.15, -0.1) is 0 Å². The molecule has 1 heterocycles. The van der Waals surface area contributed by atoms with Crippen LogP contribution in [0.5, 0.6) is 0 Å². The predicted molar refractivity (Wildman–Crippen MR) is 100.0 cm³/mol. The van der Waals surface area contributed by atoms with E-state index in [1.807, 2.05) is 12.1 Å². The number of benzene rings is 2. The van der Waals surface area contributed by atoms with Crippen molar-refractivity contribution in [2.24, 2.45) is 0 Å². The van der Waals surface area contributed by atoms with Crippen molar-refractivity contribution < 1.29 is 14.3 Å². The largest absolute Gasteiger partial charge is 0.449 e. The monoisotopic (exact) mass is 362 g/mol. The third kappa shape index (κ3) is 4.12. The second kappa shape index (κ2) is 8.15. The number of carbonyl (C=O) groups is 2. The van der Waals surface area contributed by atoms with Crippen molar-refractivity contribution in [2.75, 3.05) is 11.4 Å². The molecule has 1 unspecified atom stereocenters. The Morgan fingerprint density at radius 3 is 2.78 bits per heavy atom. The van der Waals surface area contributed by atoms with Crippen LogP contribution in [0, 0.1) is 11.3 Å². The number of hydrogen-bond donors (Lipinski definition) is 1. The average molecular weight is 362 g/mol. The van der Waals surface area contributed by atoms with Gasteiger partial charge in [-0.25, -0.2) is 4.79 Å². The molecule has 0 spiro atoms. The highest BCUT2D eigenvalue weighted by Crippen LogP contribution is 2.18. The molecule has 3 aromatic rings. The first kappa shape index (κ1) is 18.1. The van der Waals surface area contributed by atoms with Crippen LogP contribution in [0.4, 0.5) is 5.69 Å². The van der Waals surface area contributed by atoms with Crippen LogP contribution in [0.15, 0.2) is 54.7 Å². The lowest BCUT2D eigenvalue weighted by Gasteiger charge is -2.25. The van der Waals surface area contributed by atoms with Crippen LogP contribution in [0.1, 0.15) is 23.7 Å². The van der Waals surface area contributed by atoms with Crippen LogP contribution >= 0.6 is 0 Å². The molecule has 1 atom stereocenters. The Hall–Kier alpha value is -3.66. The van der Waals surface area contributed by atoms with Gasteiger partial charge in [0.2, 0.25) is 0 Å². The first-order chi connectivity index (χ1) is 13.1. The second-order valence-electron chi connectivity index (χ2n) is 5.95. The van der Waals surface area contributed by atoms with Gasteiger partial charge in [-0.2, -0.15) is 10.4 Å². The number of fused-ring (bicyclic) bond motifs is 1. The third-order valence-corrected chi connectivity index (χ3v) is 4.09. The molecule has 0 aliphatic carbocycles. The zero-order valence-corrected chi connectivity index (χ0v) is 14.8. The lowest BCUT2D eigenvalue weighted by atomic mass is 10.1. The van der Waals surface area contributed by atoms with Gasteiger partial charge < -0.3 is 9.64 Å². The lowest BCUT2D eigenvalue weighted by molar-refractivity contribution is -0.126. The second-order valence-corrected chi connectivity index (χ2v) is 5.95. The summed E-state index contributed by atoms with van der Waals surface area (Å²) in [5, 5.41) is 16.4. The first-order valence-electron chi connectivity index (χ1n) is 8.47. The lowest BCUT2D eigenvalue weighted by Crippen LogP contribution is -2.40. The van der Waals surface area contributed by atoms with Crippen LogP contribution in [0.25, 0.3) is 10.9 Å². The Labute approximate surface area is 156 Å². The Balaban J connectivity index is 1.74. The molecule has 1 N–H and O–H groups in total. The van der Waals surface area contributed by atoms with E-state index < -0.39 is 12.1 Å². The standard InChI is InChI=1S/C20H18N4O3/c1-14(19(25)24(11-5-10-21)17-6-3-2-4-7-17)27-20(26)15-8-9-16-13-22-23-18(16)12-15/h2-4,6-9,12-14H,5,11H2,1H3,(H,22,23). The Morgan fingerprint density at radius 1 is 1.26 bits per heavy atom. The topological polar surface area (TPSA) is 99.1 Å². The zero-order valence-electron chi connectivity index (χ0n) is 14.8. The van der Waals surface area contributed by atoms with Crippen molar-refractivity contribution in [3.8, 4) is 6.07 Å². The minimum atomic E-state index is -0.992. The van der Waals surface area contributed by atoms with Crippen molar-refractivity contribution in [1.29, 1.82) is 5.26 Å². The van der Waals surface area contributed by atoms with Gasteiger partial charge in [0.25, 0.3) is 5.91 Å². The molecule has 0 aliphatic heterocycles. The van der Waals surface area contributed by atoms with Gasteiger partial charge >= 0.3 is 5.97 Å². The summed E-state index contributed by atoms with van der Waals surface area (Å²) in [4.78, 5) is 26.7. The maximum Gasteiger partial charge on any atom is 0.338 e. The number of aromatic nitrogens is 2. The van der Waals surface area contributed by atoms with Gasteiger partial charge in [-0.1, -0.05) is 24.3 Å². The van der Waals surface area contributed by atoms with Gasteiger partial charge in [0.1, 0.15) is 0 Å². The van der Waals surface area contributed by atoms with Gasteiger partial charge in [0, 0.05) is 17.6 Å². The number of rotatable bonds is 6. The summed E-state index contributed by atoms with van der Waals surface area (Å²) >= 11 is 0. The summed E-state index contributed by atoms with van der Waals surface area (Å²) in [6.45, 7) is 1.75. The van der Waals surface area contributed by atoms with Gasteiger partial charge in [-0.3, -0.25) is 9.89 Å². The molecule has 136 valence electrons. The highest BCUT2D eigenvalue weighted by atomic mass is 16.5. The molecule has 0 radical (unpaired) electrons. The Bertz CT molecular complexity index is 991. The number of nitriles is 1. The van der Waals surface area contributed by atoms with Crippen LogP contribution in [0.3, 0.4) is 0 Å². The van der Waals surface area contributed by atoms with Crippen molar-refractivity contribution >= 4 is 28.5 Å². The number of carbonyl (C=O) groups excluding carboxylic acids is 2. The van der Waals surface area contributed by atoms with E-state index in [-0.39, 0.29) is 18.9 Å². The third-order valence-electron chi connectivity index (χ3n) is 4.09. The molecule has 7 heteroatoms. The molecule has 1 aromatic heterocycles. The van der Waals surface area contributed by atoms with E-state index in [1.54, 1.807) is 48.7 Å². The van der Waals surface area contributed by atoms with Crippen molar-refractivity contribution in [1.82, 2.24) is 10.2 Å². The minimum absolute atomic E-state index is 0.178. The number of H-pyrrole nitrogens is 1. The highest BCUT2D eigenvalue weighted by molar-refractivity contribution is 6.00.